The largest absolute Gasteiger partial charge is 0.379 e. The van der Waals surface area contributed by atoms with Gasteiger partial charge in [-0.05, 0) is 36.4 Å². The van der Waals surface area contributed by atoms with E-state index in [0.717, 1.165) is 30.0 Å². The Morgan fingerprint density at radius 2 is 1.55 bits per heavy atom. The van der Waals surface area contributed by atoms with E-state index in [2.05, 4.69) is 0 Å². The molecular weight excluding hydrogens is 308 g/mol. The zero-order valence-corrected chi connectivity index (χ0v) is 12.8. The molecule has 0 aromatic heterocycles. The molecule has 0 saturated heterocycles. The lowest BCUT2D eigenvalue weighted by Crippen LogP contribution is -2.11. The number of benzene rings is 2. The summed E-state index contributed by atoms with van der Waals surface area (Å²) in [6, 6.07) is 11.0. The predicted molar refractivity (Wildman–Crippen MR) is 81.7 cm³/mol. The van der Waals surface area contributed by atoms with E-state index in [0.29, 0.717) is 0 Å². The molecule has 0 unspecified atom stereocenters. The van der Waals surface area contributed by atoms with Crippen molar-refractivity contribution >= 4 is 21.5 Å². The lowest BCUT2D eigenvalue weighted by molar-refractivity contribution is -0.384. The first-order valence-electron chi connectivity index (χ1n) is 6.26. The summed E-state index contributed by atoms with van der Waals surface area (Å²) in [6.07, 6.45) is 0. The Bertz CT molecular complexity index is 768. The van der Waals surface area contributed by atoms with Gasteiger partial charge in [0.25, 0.3) is 5.69 Å². The van der Waals surface area contributed by atoms with Gasteiger partial charge < -0.3 is 9.08 Å². The first-order chi connectivity index (χ1) is 10.3. The number of nitrogens with zero attached hydrogens (tertiary/aromatic N) is 2. The smallest absolute Gasteiger partial charge is 0.339 e. The highest BCUT2D eigenvalue weighted by Gasteiger charge is 2.18. The van der Waals surface area contributed by atoms with Gasteiger partial charge in [0.15, 0.2) is 0 Å². The number of hydrogen-bond donors (Lipinski definition) is 0. The van der Waals surface area contributed by atoms with E-state index in [9.17, 15) is 18.5 Å². The van der Waals surface area contributed by atoms with Crippen molar-refractivity contribution in [1.29, 1.82) is 0 Å². The third-order valence-corrected chi connectivity index (χ3v) is 4.16. The van der Waals surface area contributed by atoms with Crippen LogP contribution in [0.15, 0.2) is 53.4 Å². The van der Waals surface area contributed by atoms with Gasteiger partial charge in [0.2, 0.25) is 0 Å². The highest BCUT2D eigenvalue weighted by atomic mass is 32.2. The average molecular weight is 322 g/mol. The summed E-state index contributed by atoms with van der Waals surface area (Å²) in [6.45, 7) is 0. The molecule has 0 aliphatic carbocycles. The van der Waals surface area contributed by atoms with Gasteiger partial charge in [-0.15, -0.1) is 0 Å². The molecule has 2 rings (SSSR count). The quantitative estimate of drug-likeness (QED) is 0.477. The molecule has 7 nitrogen and oxygen atoms in total. The van der Waals surface area contributed by atoms with Crippen molar-refractivity contribution in [2.75, 3.05) is 19.0 Å². The second kappa shape index (κ2) is 6.02. The fourth-order valence-electron chi connectivity index (χ4n) is 1.71. The Hall–Kier alpha value is -2.61. The minimum absolute atomic E-state index is 0.144. The standard InChI is InChI=1S/C14H14N2O5S/c1-15(2)11-3-7-13(8-4-11)21-22(19,20)14-9-5-12(6-10-14)16(17)18/h3-10H,1-2H3. The third-order valence-electron chi connectivity index (χ3n) is 2.90. The molecule has 0 radical (unpaired) electrons. The highest BCUT2D eigenvalue weighted by Crippen LogP contribution is 2.23. The van der Waals surface area contributed by atoms with Crippen LogP contribution in [0.4, 0.5) is 11.4 Å². The van der Waals surface area contributed by atoms with Crippen LogP contribution in [0, 0.1) is 10.1 Å². The molecule has 0 bridgehead atoms. The lowest BCUT2D eigenvalue weighted by Gasteiger charge is -2.13. The molecule has 0 heterocycles. The van der Waals surface area contributed by atoms with Crippen LogP contribution < -0.4 is 9.08 Å². The molecular formula is C14H14N2O5S. The van der Waals surface area contributed by atoms with Crippen molar-refractivity contribution in [3.63, 3.8) is 0 Å². The molecule has 0 fully saturated rings. The van der Waals surface area contributed by atoms with Gasteiger partial charge >= 0.3 is 10.1 Å². The number of rotatable bonds is 5. The Labute approximate surface area is 128 Å². The van der Waals surface area contributed by atoms with Crippen molar-refractivity contribution in [3.8, 4) is 5.75 Å². The van der Waals surface area contributed by atoms with Gasteiger partial charge in [0.05, 0.1) is 4.92 Å². The highest BCUT2D eigenvalue weighted by molar-refractivity contribution is 7.87. The summed E-state index contributed by atoms with van der Waals surface area (Å²) in [5.74, 6) is 0.170. The van der Waals surface area contributed by atoms with Crippen LogP contribution in [-0.2, 0) is 10.1 Å². The summed E-state index contributed by atoms with van der Waals surface area (Å²) in [7, 11) is -0.296. The van der Waals surface area contributed by atoms with E-state index in [4.69, 9.17) is 4.18 Å². The van der Waals surface area contributed by atoms with Gasteiger partial charge in [0.1, 0.15) is 10.6 Å². The van der Waals surface area contributed by atoms with Crippen LogP contribution in [-0.4, -0.2) is 27.4 Å². The second-order valence-corrected chi connectivity index (χ2v) is 6.22. The van der Waals surface area contributed by atoms with Crippen molar-refractivity contribution in [1.82, 2.24) is 0 Å². The van der Waals surface area contributed by atoms with Crippen LogP contribution in [0.5, 0.6) is 5.75 Å². The molecule has 0 atom stereocenters. The Kier molecular flexibility index (Phi) is 4.32. The summed E-state index contributed by atoms with van der Waals surface area (Å²) < 4.78 is 29.2. The normalized spacial score (nSPS) is 11.0. The molecule has 2 aromatic carbocycles. The fraction of sp³-hybridized carbons (Fsp3) is 0.143. The van der Waals surface area contributed by atoms with Gasteiger partial charge in [-0.2, -0.15) is 8.42 Å². The molecule has 0 aliphatic heterocycles. The summed E-state index contributed by atoms with van der Waals surface area (Å²) in [5.41, 5.74) is 0.717. The summed E-state index contributed by atoms with van der Waals surface area (Å²) in [5, 5.41) is 10.6. The van der Waals surface area contributed by atoms with E-state index in [1.807, 2.05) is 19.0 Å². The average Bonchev–Trinajstić information content (AvgIpc) is 2.47. The molecule has 116 valence electrons. The monoisotopic (exact) mass is 322 g/mol. The predicted octanol–water partition coefficient (Wildman–Crippen LogP) is 2.43. The number of non-ortho nitro benzene ring substituents is 1. The van der Waals surface area contributed by atoms with E-state index < -0.39 is 15.0 Å². The molecule has 2 aromatic rings. The van der Waals surface area contributed by atoms with Crippen molar-refractivity contribution in [2.24, 2.45) is 0 Å². The number of hydrogen-bond acceptors (Lipinski definition) is 6. The minimum Gasteiger partial charge on any atom is -0.379 e. The minimum atomic E-state index is -4.03. The zero-order chi connectivity index (χ0) is 16.3. The maximum absolute atomic E-state index is 12.1. The van der Waals surface area contributed by atoms with Crippen LogP contribution in [0.25, 0.3) is 0 Å². The van der Waals surface area contributed by atoms with Crippen molar-refractivity contribution in [2.45, 2.75) is 4.90 Å². The molecule has 8 heteroatoms. The van der Waals surface area contributed by atoms with Gasteiger partial charge in [0, 0.05) is 31.9 Å². The molecule has 0 aliphatic rings. The number of nitro benzene ring substituents is 1. The van der Waals surface area contributed by atoms with E-state index >= 15 is 0 Å². The van der Waals surface area contributed by atoms with E-state index in [1.54, 1.807) is 12.1 Å². The number of nitro groups is 1. The molecule has 22 heavy (non-hydrogen) atoms. The van der Waals surface area contributed by atoms with Crippen molar-refractivity contribution in [3.05, 3.63) is 58.6 Å². The maximum atomic E-state index is 12.1. The first kappa shape index (κ1) is 15.8. The first-order valence-corrected chi connectivity index (χ1v) is 7.67. The number of anilines is 1. The molecule has 0 N–H and O–H groups in total. The Balaban J connectivity index is 2.21. The van der Waals surface area contributed by atoms with Crippen LogP contribution >= 0.6 is 0 Å². The molecule has 0 saturated carbocycles. The van der Waals surface area contributed by atoms with Crippen molar-refractivity contribution < 1.29 is 17.5 Å². The van der Waals surface area contributed by atoms with Gasteiger partial charge in [-0.1, -0.05) is 0 Å². The molecule has 0 amide bonds. The van der Waals surface area contributed by atoms with Gasteiger partial charge in [-0.3, -0.25) is 10.1 Å². The van der Waals surface area contributed by atoms with E-state index in [-0.39, 0.29) is 16.3 Å². The lowest BCUT2D eigenvalue weighted by atomic mass is 10.3. The Morgan fingerprint density at radius 1 is 1.00 bits per heavy atom. The zero-order valence-electron chi connectivity index (χ0n) is 12.0. The summed E-state index contributed by atoms with van der Waals surface area (Å²) in [4.78, 5) is 11.7. The molecule has 0 spiro atoms. The summed E-state index contributed by atoms with van der Waals surface area (Å²) >= 11 is 0. The van der Waals surface area contributed by atoms with Crippen LogP contribution in [0.2, 0.25) is 0 Å². The SMILES string of the molecule is CN(C)c1ccc(OS(=O)(=O)c2ccc([N+](=O)[O-])cc2)cc1. The topological polar surface area (TPSA) is 89.8 Å². The fourth-order valence-corrected chi connectivity index (χ4v) is 2.64. The van der Waals surface area contributed by atoms with Gasteiger partial charge in [-0.25, -0.2) is 0 Å². The van der Waals surface area contributed by atoms with E-state index in [1.165, 1.54) is 12.1 Å². The maximum Gasteiger partial charge on any atom is 0.339 e. The van der Waals surface area contributed by atoms with Crippen LogP contribution in [0.1, 0.15) is 0 Å². The third kappa shape index (κ3) is 3.53. The second-order valence-electron chi connectivity index (χ2n) is 4.68. The Morgan fingerprint density at radius 3 is 2.00 bits per heavy atom. The van der Waals surface area contributed by atoms with Crippen LogP contribution in [0.3, 0.4) is 0 Å².